The van der Waals surface area contributed by atoms with Gasteiger partial charge in [-0.1, -0.05) is 6.07 Å². The van der Waals surface area contributed by atoms with Crippen molar-refractivity contribution in [3.05, 3.63) is 58.2 Å². The third-order valence-corrected chi connectivity index (χ3v) is 7.38. The Hall–Kier alpha value is -1.99. The molecule has 0 saturated carbocycles. The fourth-order valence-corrected chi connectivity index (χ4v) is 5.53. The van der Waals surface area contributed by atoms with Crippen LogP contribution in [0.15, 0.2) is 29.2 Å². The second-order valence-corrected chi connectivity index (χ2v) is 9.34. The van der Waals surface area contributed by atoms with Crippen LogP contribution < -0.4 is 9.62 Å². The molecule has 1 aliphatic heterocycles. The van der Waals surface area contributed by atoms with Gasteiger partial charge in [0.05, 0.1) is 4.90 Å². The van der Waals surface area contributed by atoms with Crippen LogP contribution in [-0.2, 0) is 10.0 Å². The van der Waals surface area contributed by atoms with Gasteiger partial charge in [-0.25, -0.2) is 21.9 Å². The van der Waals surface area contributed by atoms with Crippen molar-refractivity contribution >= 4 is 15.7 Å². The fraction of sp³-hybridized carbons (Fsp3) is 0.429. The monoisotopic (exact) mass is 408 g/mol. The number of hydrogen-bond donors (Lipinski definition) is 1. The molecule has 2 aromatic carbocycles. The zero-order chi connectivity index (χ0) is 20.6. The highest BCUT2D eigenvalue weighted by molar-refractivity contribution is 7.89. The number of hydrogen-bond acceptors (Lipinski definition) is 3. The molecule has 3 rings (SSSR count). The summed E-state index contributed by atoms with van der Waals surface area (Å²) < 4.78 is 55.3. The fourth-order valence-electron chi connectivity index (χ4n) is 3.80. The van der Waals surface area contributed by atoms with Crippen LogP contribution >= 0.6 is 0 Å². The maximum Gasteiger partial charge on any atom is 0.241 e. The number of anilines is 1. The Morgan fingerprint density at radius 3 is 2.29 bits per heavy atom. The summed E-state index contributed by atoms with van der Waals surface area (Å²) >= 11 is 0. The Labute approximate surface area is 165 Å². The molecule has 1 fully saturated rings. The van der Waals surface area contributed by atoms with E-state index in [0.717, 1.165) is 34.7 Å². The van der Waals surface area contributed by atoms with E-state index in [1.54, 1.807) is 6.07 Å². The zero-order valence-electron chi connectivity index (χ0n) is 16.6. The van der Waals surface area contributed by atoms with Gasteiger partial charge in [-0.3, -0.25) is 0 Å². The Balaban J connectivity index is 1.70. The molecule has 152 valence electrons. The molecule has 1 saturated heterocycles. The zero-order valence-corrected chi connectivity index (χ0v) is 17.5. The number of rotatable bonds is 5. The van der Waals surface area contributed by atoms with Crippen molar-refractivity contribution in [2.24, 2.45) is 5.92 Å². The number of halogens is 2. The molecule has 7 heteroatoms. The van der Waals surface area contributed by atoms with Crippen molar-refractivity contribution in [1.29, 1.82) is 0 Å². The summed E-state index contributed by atoms with van der Waals surface area (Å²) in [4.78, 5) is 2.31. The number of benzene rings is 2. The highest BCUT2D eigenvalue weighted by Crippen LogP contribution is 2.28. The Kier molecular flexibility index (Phi) is 5.77. The minimum Gasteiger partial charge on any atom is -0.371 e. The predicted octanol–water partition coefficient (Wildman–Crippen LogP) is 4.00. The van der Waals surface area contributed by atoms with Gasteiger partial charge in [0, 0.05) is 31.4 Å². The number of aryl methyl sites for hydroxylation is 2. The highest BCUT2D eigenvalue weighted by Gasteiger charge is 2.27. The Bertz CT molecular complexity index is 980. The summed E-state index contributed by atoms with van der Waals surface area (Å²) in [5.74, 6) is -1.64. The number of nitrogens with one attached hydrogen (secondary N) is 1. The van der Waals surface area contributed by atoms with Crippen molar-refractivity contribution < 1.29 is 17.2 Å². The lowest BCUT2D eigenvalue weighted by Gasteiger charge is -2.20. The summed E-state index contributed by atoms with van der Waals surface area (Å²) in [5.41, 5.74) is 4.06. The van der Waals surface area contributed by atoms with Crippen molar-refractivity contribution in [2.45, 2.75) is 39.0 Å². The molecule has 0 unspecified atom stereocenters. The van der Waals surface area contributed by atoms with Crippen molar-refractivity contribution in [3.63, 3.8) is 0 Å². The first-order chi connectivity index (χ1) is 13.1. The number of nitrogens with zero attached hydrogens (tertiary/aromatic N) is 1. The third kappa shape index (κ3) is 4.05. The van der Waals surface area contributed by atoms with Crippen LogP contribution in [0.25, 0.3) is 0 Å². The highest BCUT2D eigenvalue weighted by atomic mass is 32.2. The first-order valence-corrected chi connectivity index (χ1v) is 10.9. The van der Waals surface area contributed by atoms with Crippen LogP contribution in [0.4, 0.5) is 14.5 Å². The predicted molar refractivity (Wildman–Crippen MR) is 107 cm³/mol. The normalized spacial score (nSPS) is 17.4. The molecule has 1 atom stereocenters. The molecule has 0 radical (unpaired) electrons. The van der Waals surface area contributed by atoms with Crippen LogP contribution in [0, 0.1) is 45.2 Å². The molecule has 1 aliphatic rings. The van der Waals surface area contributed by atoms with E-state index in [4.69, 9.17) is 0 Å². The van der Waals surface area contributed by atoms with Crippen LogP contribution in [-0.4, -0.2) is 28.1 Å². The van der Waals surface area contributed by atoms with Crippen LogP contribution in [0.1, 0.15) is 28.7 Å². The van der Waals surface area contributed by atoms with Gasteiger partial charge in [0.15, 0.2) is 11.6 Å². The van der Waals surface area contributed by atoms with Crippen molar-refractivity contribution in [3.8, 4) is 0 Å². The Morgan fingerprint density at radius 1 is 1.04 bits per heavy atom. The molecule has 4 nitrogen and oxygen atoms in total. The molecule has 0 spiro atoms. The molecular formula is C21H26F2N2O2S. The molecule has 0 bridgehead atoms. The van der Waals surface area contributed by atoms with Gasteiger partial charge in [0.1, 0.15) is 0 Å². The third-order valence-electron chi connectivity index (χ3n) is 5.68. The lowest BCUT2D eigenvalue weighted by molar-refractivity contribution is 0.508. The maximum absolute atomic E-state index is 13.5. The minimum absolute atomic E-state index is 0.106. The average molecular weight is 409 g/mol. The lowest BCUT2D eigenvalue weighted by atomic mass is 10.0. The molecule has 0 aromatic heterocycles. The van der Waals surface area contributed by atoms with E-state index in [0.29, 0.717) is 30.2 Å². The molecule has 28 heavy (non-hydrogen) atoms. The summed E-state index contributed by atoms with van der Waals surface area (Å²) in [6.45, 7) is 9.08. The van der Waals surface area contributed by atoms with Gasteiger partial charge in [-0.15, -0.1) is 0 Å². The maximum atomic E-state index is 13.5. The van der Waals surface area contributed by atoms with Crippen LogP contribution in [0.5, 0.6) is 0 Å². The first-order valence-electron chi connectivity index (χ1n) is 9.37. The summed E-state index contributed by atoms with van der Waals surface area (Å²) in [5, 5.41) is 0. The lowest BCUT2D eigenvalue weighted by Crippen LogP contribution is -2.32. The van der Waals surface area contributed by atoms with Gasteiger partial charge >= 0.3 is 0 Å². The molecule has 0 amide bonds. The summed E-state index contributed by atoms with van der Waals surface area (Å²) in [6.07, 6.45) is 0.784. The minimum atomic E-state index is -3.63. The Morgan fingerprint density at radius 2 is 1.68 bits per heavy atom. The average Bonchev–Trinajstić information content (AvgIpc) is 3.10. The van der Waals surface area contributed by atoms with Gasteiger partial charge in [-0.05, 0) is 74.4 Å². The van der Waals surface area contributed by atoms with E-state index in [1.165, 1.54) is 6.07 Å². The second kappa shape index (κ2) is 7.79. The van der Waals surface area contributed by atoms with Gasteiger partial charge in [-0.2, -0.15) is 0 Å². The molecular weight excluding hydrogens is 382 g/mol. The van der Waals surface area contributed by atoms with E-state index in [9.17, 15) is 17.2 Å². The van der Waals surface area contributed by atoms with E-state index in [1.807, 2.05) is 38.7 Å². The second-order valence-electron chi connectivity index (χ2n) is 7.64. The molecule has 1 heterocycles. The standard InChI is InChI=1S/C21H26F2N2O2S/c1-13-9-14(2)16(4)21(15(13)3)28(26,27)24-11-17-7-8-25(12-17)18-5-6-19(22)20(23)10-18/h5-6,9-10,17,24H,7-8,11-12H2,1-4H3/t17-/m0/s1. The van der Waals surface area contributed by atoms with Gasteiger partial charge in [0.25, 0.3) is 0 Å². The van der Waals surface area contributed by atoms with Gasteiger partial charge < -0.3 is 4.90 Å². The topological polar surface area (TPSA) is 49.4 Å². The summed E-state index contributed by atoms with van der Waals surface area (Å²) in [6, 6.07) is 5.85. The van der Waals surface area contributed by atoms with E-state index >= 15 is 0 Å². The van der Waals surface area contributed by atoms with Crippen molar-refractivity contribution in [1.82, 2.24) is 4.72 Å². The van der Waals surface area contributed by atoms with Crippen LogP contribution in [0.2, 0.25) is 0 Å². The van der Waals surface area contributed by atoms with E-state index in [2.05, 4.69) is 4.72 Å². The van der Waals surface area contributed by atoms with Gasteiger partial charge in [0.2, 0.25) is 10.0 Å². The largest absolute Gasteiger partial charge is 0.371 e. The molecule has 0 aliphatic carbocycles. The number of sulfonamides is 1. The van der Waals surface area contributed by atoms with E-state index < -0.39 is 21.7 Å². The molecule has 1 N–H and O–H groups in total. The van der Waals surface area contributed by atoms with Crippen LogP contribution in [0.3, 0.4) is 0 Å². The SMILES string of the molecule is Cc1cc(C)c(C)c(S(=O)(=O)NC[C@@H]2CCN(c3ccc(F)c(F)c3)C2)c1C. The quantitative estimate of drug-likeness (QED) is 0.814. The smallest absolute Gasteiger partial charge is 0.241 e. The molecule has 2 aromatic rings. The summed E-state index contributed by atoms with van der Waals surface area (Å²) in [7, 11) is -3.63. The first kappa shape index (κ1) is 20.7. The van der Waals surface area contributed by atoms with E-state index in [-0.39, 0.29) is 5.92 Å². The van der Waals surface area contributed by atoms with Crippen molar-refractivity contribution in [2.75, 3.05) is 24.5 Å².